The molecule has 0 bridgehead atoms. The van der Waals surface area contributed by atoms with Crippen LogP contribution in [0.2, 0.25) is 0 Å². The highest BCUT2D eigenvalue weighted by molar-refractivity contribution is 5.78. The lowest BCUT2D eigenvalue weighted by Gasteiger charge is -2.15. The normalized spacial score (nSPS) is 13.4. The van der Waals surface area contributed by atoms with E-state index in [0.717, 1.165) is 30.6 Å². The number of benzene rings is 3. The van der Waals surface area contributed by atoms with Crippen molar-refractivity contribution in [3.63, 3.8) is 0 Å². The van der Waals surface area contributed by atoms with Gasteiger partial charge in [-0.05, 0) is 52.8 Å². The maximum absolute atomic E-state index is 11.5. The average Bonchev–Trinajstić information content (AvgIpc) is 3.13. The van der Waals surface area contributed by atoms with Crippen LogP contribution in [0.15, 0.2) is 72.8 Å². The van der Waals surface area contributed by atoms with Crippen LogP contribution in [0, 0.1) is 0 Å². The molecular weight excluding hydrogens is 400 g/mol. The molecule has 0 spiro atoms. The zero-order valence-corrected chi connectivity index (χ0v) is 18.5. The van der Waals surface area contributed by atoms with E-state index in [4.69, 9.17) is 9.47 Å². The Hall–Kier alpha value is -3.11. The van der Waals surface area contributed by atoms with Crippen molar-refractivity contribution in [1.82, 2.24) is 0 Å². The van der Waals surface area contributed by atoms with Gasteiger partial charge in [0.2, 0.25) is 0 Å². The second-order valence-corrected chi connectivity index (χ2v) is 8.26. The summed E-state index contributed by atoms with van der Waals surface area (Å²) in [4.78, 5) is 11.5. The van der Waals surface area contributed by atoms with E-state index in [1.165, 1.54) is 22.3 Å². The molecular formula is C28H30O4. The molecule has 4 nitrogen and oxygen atoms in total. The van der Waals surface area contributed by atoms with Gasteiger partial charge in [-0.15, -0.1) is 0 Å². The van der Waals surface area contributed by atoms with Crippen molar-refractivity contribution in [2.24, 2.45) is 0 Å². The molecule has 1 N–H and O–H groups in total. The van der Waals surface area contributed by atoms with Crippen molar-refractivity contribution in [3.05, 3.63) is 89.5 Å². The van der Waals surface area contributed by atoms with Crippen LogP contribution in [0.25, 0.3) is 11.1 Å². The van der Waals surface area contributed by atoms with E-state index in [-0.39, 0.29) is 0 Å². The first-order valence-electron chi connectivity index (χ1n) is 11.4. The van der Waals surface area contributed by atoms with E-state index in [1.807, 2.05) is 24.3 Å². The Morgan fingerprint density at radius 1 is 0.906 bits per heavy atom. The van der Waals surface area contributed by atoms with E-state index >= 15 is 0 Å². The summed E-state index contributed by atoms with van der Waals surface area (Å²) in [5.41, 5.74) is 6.32. The van der Waals surface area contributed by atoms with E-state index in [9.17, 15) is 9.90 Å². The van der Waals surface area contributed by atoms with Gasteiger partial charge in [0, 0.05) is 18.9 Å². The van der Waals surface area contributed by atoms with Crippen molar-refractivity contribution in [2.45, 2.75) is 44.6 Å². The van der Waals surface area contributed by atoms with E-state index < -0.39 is 12.1 Å². The highest BCUT2D eigenvalue weighted by atomic mass is 16.5. The van der Waals surface area contributed by atoms with Gasteiger partial charge in [-0.2, -0.15) is 0 Å². The number of carboxylic acid groups (broad SMARTS) is 1. The van der Waals surface area contributed by atoms with Gasteiger partial charge >= 0.3 is 5.97 Å². The third kappa shape index (κ3) is 5.03. The van der Waals surface area contributed by atoms with E-state index in [1.54, 1.807) is 0 Å². The van der Waals surface area contributed by atoms with Gasteiger partial charge in [0.1, 0.15) is 5.75 Å². The highest BCUT2D eigenvalue weighted by Gasteiger charge is 2.27. The topological polar surface area (TPSA) is 55.8 Å². The van der Waals surface area contributed by atoms with Crippen molar-refractivity contribution in [2.75, 3.05) is 13.2 Å². The number of hydrogen-bond acceptors (Lipinski definition) is 3. The van der Waals surface area contributed by atoms with Crippen LogP contribution in [0.1, 0.15) is 48.8 Å². The van der Waals surface area contributed by atoms with Gasteiger partial charge in [0.05, 0.1) is 6.61 Å². The molecule has 0 amide bonds. The lowest BCUT2D eigenvalue weighted by molar-refractivity contribution is -0.150. The van der Waals surface area contributed by atoms with Gasteiger partial charge < -0.3 is 14.6 Å². The van der Waals surface area contributed by atoms with Crippen LogP contribution in [0.5, 0.6) is 5.75 Å². The molecule has 1 aliphatic rings. The predicted octanol–water partition coefficient (Wildman–Crippen LogP) is 6.08. The SMILES string of the molecule is CCCCOC(Cc1ccc(OCCC2c3ccccc3-c3ccccc32)cc1)C(=O)O. The fourth-order valence-electron chi connectivity index (χ4n) is 4.39. The van der Waals surface area contributed by atoms with Crippen molar-refractivity contribution >= 4 is 5.97 Å². The standard InChI is InChI=1S/C28H30O4/c1-2-3-17-32-27(28(29)30)19-20-12-14-21(15-13-20)31-18-16-26-24-10-6-4-8-22(24)23-9-5-7-11-25(23)26/h4-15,26-27H,2-3,16-19H2,1H3,(H,29,30). The Kier molecular flexibility index (Phi) is 7.23. The first kappa shape index (κ1) is 22.1. The maximum Gasteiger partial charge on any atom is 0.333 e. The van der Waals surface area contributed by atoms with Crippen LogP contribution in [0.3, 0.4) is 0 Å². The number of carboxylic acids is 1. The third-order valence-corrected chi connectivity index (χ3v) is 6.07. The molecule has 0 aliphatic heterocycles. The number of aliphatic carboxylic acids is 1. The molecule has 0 heterocycles. The van der Waals surface area contributed by atoms with E-state index in [2.05, 4.69) is 55.5 Å². The molecule has 3 aromatic carbocycles. The Balaban J connectivity index is 1.34. The zero-order chi connectivity index (χ0) is 22.3. The van der Waals surface area contributed by atoms with E-state index in [0.29, 0.717) is 25.6 Å². The Labute approximate surface area is 189 Å². The molecule has 1 atom stereocenters. The first-order valence-corrected chi connectivity index (χ1v) is 11.4. The summed E-state index contributed by atoms with van der Waals surface area (Å²) in [7, 11) is 0. The Bertz CT molecular complexity index is 996. The van der Waals surface area contributed by atoms with Crippen LogP contribution in [-0.2, 0) is 16.0 Å². The quantitative estimate of drug-likeness (QED) is 0.375. The largest absolute Gasteiger partial charge is 0.494 e. The summed E-state index contributed by atoms with van der Waals surface area (Å²) < 4.78 is 11.6. The minimum absolute atomic E-state index is 0.346. The molecule has 4 rings (SSSR count). The summed E-state index contributed by atoms with van der Waals surface area (Å²) in [5, 5.41) is 9.40. The molecule has 0 saturated carbocycles. The number of carbonyl (C=O) groups is 1. The molecule has 3 aromatic rings. The molecule has 1 unspecified atom stereocenters. The third-order valence-electron chi connectivity index (χ3n) is 6.07. The van der Waals surface area contributed by atoms with Crippen LogP contribution in [0.4, 0.5) is 0 Å². The maximum atomic E-state index is 11.5. The molecule has 1 aliphatic carbocycles. The van der Waals surface area contributed by atoms with Gasteiger partial charge in [-0.3, -0.25) is 0 Å². The summed E-state index contributed by atoms with van der Waals surface area (Å²) >= 11 is 0. The van der Waals surface area contributed by atoms with Crippen LogP contribution in [-0.4, -0.2) is 30.4 Å². The molecule has 166 valence electrons. The van der Waals surface area contributed by atoms with Crippen LogP contribution >= 0.6 is 0 Å². The summed E-state index contributed by atoms with van der Waals surface area (Å²) in [6.07, 6.45) is 2.30. The summed E-state index contributed by atoms with van der Waals surface area (Å²) in [6.45, 7) is 3.15. The average molecular weight is 431 g/mol. The Morgan fingerprint density at radius 2 is 1.53 bits per heavy atom. The molecule has 32 heavy (non-hydrogen) atoms. The minimum Gasteiger partial charge on any atom is -0.494 e. The van der Waals surface area contributed by atoms with Crippen molar-refractivity contribution < 1.29 is 19.4 Å². The molecule has 0 fully saturated rings. The van der Waals surface area contributed by atoms with Crippen molar-refractivity contribution in [1.29, 1.82) is 0 Å². The molecule has 0 saturated heterocycles. The first-order chi connectivity index (χ1) is 15.7. The summed E-state index contributed by atoms with van der Waals surface area (Å²) in [5.74, 6) is 0.226. The number of ether oxygens (including phenoxy) is 2. The number of rotatable bonds is 11. The fraction of sp³-hybridized carbons (Fsp3) is 0.321. The van der Waals surface area contributed by atoms with Crippen LogP contribution < -0.4 is 4.74 Å². The fourth-order valence-corrected chi connectivity index (χ4v) is 4.39. The lowest BCUT2D eigenvalue weighted by atomic mass is 9.94. The molecule has 4 heteroatoms. The van der Waals surface area contributed by atoms with Gasteiger partial charge in [0.15, 0.2) is 6.10 Å². The number of fused-ring (bicyclic) bond motifs is 3. The van der Waals surface area contributed by atoms with Gasteiger partial charge in [-0.25, -0.2) is 4.79 Å². The highest BCUT2D eigenvalue weighted by Crippen LogP contribution is 2.45. The number of unbranched alkanes of at least 4 members (excludes halogenated alkanes) is 1. The number of hydrogen-bond donors (Lipinski definition) is 1. The summed E-state index contributed by atoms with van der Waals surface area (Å²) in [6, 6.07) is 24.9. The molecule has 0 radical (unpaired) electrons. The monoisotopic (exact) mass is 430 g/mol. The zero-order valence-electron chi connectivity index (χ0n) is 18.5. The van der Waals surface area contributed by atoms with Gasteiger partial charge in [0.25, 0.3) is 0 Å². The Morgan fingerprint density at radius 3 is 2.12 bits per heavy atom. The van der Waals surface area contributed by atoms with Gasteiger partial charge in [-0.1, -0.05) is 74.0 Å². The second kappa shape index (κ2) is 10.5. The predicted molar refractivity (Wildman–Crippen MR) is 126 cm³/mol. The molecule has 0 aromatic heterocycles. The minimum atomic E-state index is -0.918. The second-order valence-electron chi connectivity index (χ2n) is 8.26. The smallest absolute Gasteiger partial charge is 0.333 e. The lowest BCUT2D eigenvalue weighted by Crippen LogP contribution is -2.26. The van der Waals surface area contributed by atoms with Crippen molar-refractivity contribution in [3.8, 4) is 16.9 Å².